The number of aryl methyl sites for hydroxylation is 3. The van der Waals surface area contributed by atoms with E-state index in [0.29, 0.717) is 30.1 Å². The number of carbonyl (C=O) groups excluding carboxylic acids is 2. The number of hydrogen-bond acceptors (Lipinski definition) is 5. The van der Waals surface area contributed by atoms with Crippen LogP contribution >= 0.6 is 27.3 Å². The molecule has 6 nitrogen and oxygen atoms in total. The lowest BCUT2D eigenvalue weighted by molar-refractivity contribution is -0.116. The zero-order valence-electron chi connectivity index (χ0n) is 16.6. The molecule has 1 N–H and O–H groups in total. The molecule has 152 valence electrons. The van der Waals surface area contributed by atoms with Gasteiger partial charge in [-0.3, -0.25) is 9.48 Å². The molecule has 3 rings (SSSR count). The van der Waals surface area contributed by atoms with Gasteiger partial charge in [0, 0.05) is 17.0 Å². The highest BCUT2D eigenvalue weighted by Crippen LogP contribution is 2.38. The second-order valence-corrected chi connectivity index (χ2v) is 8.96. The van der Waals surface area contributed by atoms with Crippen molar-refractivity contribution in [1.82, 2.24) is 9.78 Å². The number of fused-ring (bicyclic) bond motifs is 1. The minimum Gasteiger partial charge on any atom is -0.462 e. The van der Waals surface area contributed by atoms with Crippen molar-refractivity contribution in [2.24, 2.45) is 0 Å². The summed E-state index contributed by atoms with van der Waals surface area (Å²) in [7, 11) is 0. The molecule has 2 heterocycles. The van der Waals surface area contributed by atoms with E-state index in [9.17, 15) is 9.59 Å². The van der Waals surface area contributed by atoms with Gasteiger partial charge in [-0.05, 0) is 67.4 Å². The van der Waals surface area contributed by atoms with E-state index in [1.807, 2.05) is 25.5 Å². The molecular weight excluding hydrogens is 442 g/mol. The zero-order valence-corrected chi connectivity index (χ0v) is 19.0. The Labute approximate surface area is 177 Å². The maximum absolute atomic E-state index is 12.6. The average molecular weight is 468 g/mol. The number of anilines is 1. The topological polar surface area (TPSA) is 73.2 Å². The van der Waals surface area contributed by atoms with Crippen LogP contribution in [-0.2, 0) is 28.9 Å². The van der Waals surface area contributed by atoms with Crippen LogP contribution < -0.4 is 5.32 Å². The molecule has 0 saturated carbocycles. The van der Waals surface area contributed by atoms with Crippen molar-refractivity contribution in [2.45, 2.75) is 65.8 Å². The highest BCUT2D eigenvalue weighted by molar-refractivity contribution is 9.10. The van der Waals surface area contributed by atoms with E-state index in [4.69, 9.17) is 4.74 Å². The number of aromatic nitrogens is 2. The van der Waals surface area contributed by atoms with Crippen molar-refractivity contribution in [3.8, 4) is 0 Å². The standard InChI is InChI=1S/C20H26BrN3O3S/c1-4-11-27-20(26)17-14-7-5-6-8-15(14)28-19(17)22-16(25)9-10-24-13(3)18(21)12(2)23-24/h4-11H2,1-3H3,(H,22,25). The first kappa shape index (κ1) is 21.0. The molecule has 1 aliphatic carbocycles. The fraction of sp³-hybridized carbons (Fsp3) is 0.550. The molecule has 0 radical (unpaired) electrons. The summed E-state index contributed by atoms with van der Waals surface area (Å²) in [6, 6.07) is 0. The summed E-state index contributed by atoms with van der Waals surface area (Å²) in [4.78, 5) is 26.4. The molecule has 8 heteroatoms. The first-order chi connectivity index (χ1) is 13.4. The number of ether oxygens (including phenoxy) is 1. The first-order valence-electron chi connectivity index (χ1n) is 9.73. The number of hydrogen-bond donors (Lipinski definition) is 1. The minimum absolute atomic E-state index is 0.119. The van der Waals surface area contributed by atoms with Gasteiger partial charge >= 0.3 is 5.97 Å². The Balaban J connectivity index is 1.73. The van der Waals surface area contributed by atoms with Crippen molar-refractivity contribution >= 4 is 44.1 Å². The number of halogens is 1. The van der Waals surface area contributed by atoms with E-state index in [1.54, 1.807) is 0 Å². The van der Waals surface area contributed by atoms with Gasteiger partial charge in [-0.25, -0.2) is 4.79 Å². The molecule has 0 bridgehead atoms. The van der Waals surface area contributed by atoms with Crippen LogP contribution in [0.25, 0.3) is 0 Å². The fourth-order valence-electron chi connectivity index (χ4n) is 3.43. The lowest BCUT2D eigenvalue weighted by atomic mass is 9.95. The summed E-state index contributed by atoms with van der Waals surface area (Å²) < 4.78 is 8.18. The Hall–Kier alpha value is -1.67. The van der Waals surface area contributed by atoms with Crippen molar-refractivity contribution in [2.75, 3.05) is 11.9 Å². The Morgan fingerprint density at radius 1 is 1.29 bits per heavy atom. The molecule has 0 saturated heterocycles. The number of amides is 1. The van der Waals surface area contributed by atoms with Crippen molar-refractivity contribution in [1.29, 1.82) is 0 Å². The molecule has 2 aromatic heterocycles. The number of rotatable bonds is 7. The Morgan fingerprint density at radius 3 is 2.71 bits per heavy atom. The quantitative estimate of drug-likeness (QED) is 0.593. The summed E-state index contributed by atoms with van der Waals surface area (Å²) in [5, 5.41) is 8.03. The van der Waals surface area contributed by atoms with Crippen LogP contribution in [0.1, 0.15) is 64.8 Å². The van der Waals surface area contributed by atoms with E-state index in [2.05, 4.69) is 26.3 Å². The van der Waals surface area contributed by atoms with E-state index in [1.165, 1.54) is 16.2 Å². The molecule has 0 fully saturated rings. The highest BCUT2D eigenvalue weighted by atomic mass is 79.9. The molecule has 0 aromatic carbocycles. The van der Waals surface area contributed by atoms with Crippen molar-refractivity contribution in [3.05, 3.63) is 31.9 Å². The second kappa shape index (κ2) is 9.22. The third-order valence-electron chi connectivity index (χ3n) is 4.91. The number of thiophene rings is 1. The number of esters is 1. The minimum atomic E-state index is -0.320. The molecule has 1 amide bonds. The van der Waals surface area contributed by atoms with Gasteiger partial charge in [-0.2, -0.15) is 5.10 Å². The molecule has 1 aliphatic rings. The summed E-state index contributed by atoms with van der Waals surface area (Å²) >= 11 is 5.03. The summed E-state index contributed by atoms with van der Waals surface area (Å²) in [5.74, 6) is -0.439. The Kier molecular flexibility index (Phi) is 6.93. The summed E-state index contributed by atoms with van der Waals surface area (Å²) in [6.07, 6.45) is 5.09. The van der Waals surface area contributed by atoms with Crippen LogP contribution in [0.2, 0.25) is 0 Å². The zero-order chi connectivity index (χ0) is 20.3. The van der Waals surface area contributed by atoms with Crippen LogP contribution in [-0.4, -0.2) is 28.3 Å². The second-order valence-electron chi connectivity index (χ2n) is 7.06. The molecule has 0 spiro atoms. The van der Waals surface area contributed by atoms with Gasteiger partial charge < -0.3 is 10.1 Å². The monoisotopic (exact) mass is 467 g/mol. The van der Waals surface area contributed by atoms with E-state index in [-0.39, 0.29) is 11.9 Å². The van der Waals surface area contributed by atoms with Crippen molar-refractivity contribution in [3.63, 3.8) is 0 Å². The number of nitrogens with zero attached hydrogens (tertiary/aromatic N) is 2. The maximum Gasteiger partial charge on any atom is 0.341 e. The maximum atomic E-state index is 12.6. The number of nitrogens with one attached hydrogen (secondary N) is 1. The average Bonchev–Trinajstić information content (AvgIpc) is 3.16. The molecule has 2 aromatic rings. The third-order valence-corrected chi connectivity index (χ3v) is 7.26. The van der Waals surface area contributed by atoms with Gasteiger partial charge in [0.1, 0.15) is 5.00 Å². The Bertz CT molecular complexity index is 888. The van der Waals surface area contributed by atoms with E-state index >= 15 is 0 Å². The summed E-state index contributed by atoms with van der Waals surface area (Å²) in [5.41, 5.74) is 3.54. The molecule has 28 heavy (non-hydrogen) atoms. The van der Waals surface area contributed by atoms with Crippen LogP contribution in [0.15, 0.2) is 4.47 Å². The first-order valence-corrected chi connectivity index (χ1v) is 11.3. The SMILES string of the molecule is CCCOC(=O)c1c(NC(=O)CCn2nc(C)c(Br)c2C)sc2c1CCCC2. The van der Waals surface area contributed by atoms with Gasteiger partial charge in [-0.1, -0.05) is 6.92 Å². The highest BCUT2D eigenvalue weighted by Gasteiger charge is 2.27. The van der Waals surface area contributed by atoms with Crippen LogP contribution in [0.5, 0.6) is 0 Å². The molecule has 0 aliphatic heterocycles. The smallest absolute Gasteiger partial charge is 0.341 e. The largest absolute Gasteiger partial charge is 0.462 e. The van der Waals surface area contributed by atoms with Gasteiger partial charge in [0.15, 0.2) is 0 Å². The van der Waals surface area contributed by atoms with Gasteiger partial charge in [0.25, 0.3) is 0 Å². The predicted molar refractivity (Wildman–Crippen MR) is 114 cm³/mol. The van der Waals surface area contributed by atoms with Gasteiger partial charge in [0.2, 0.25) is 5.91 Å². The third kappa shape index (κ3) is 4.49. The molecule has 0 atom stereocenters. The van der Waals surface area contributed by atoms with Gasteiger partial charge in [0.05, 0.1) is 28.9 Å². The predicted octanol–water partition coefficient (Wildman–Crippen LogP) is 4.80. The van der Waals surface area contributed by atoms with Crippen LogP contribution in [0, 0.1) is 13.8 Å². The van der Waals surface area contributed by atoms with E-state index < -0.39 is 0 Å². The lowest BCUT2D eigenvalue weighted by Crippen LogP contribution is -2.18. The normalized spacial score (nSPS) is 13.3. The Morgan fingerprint density at radius 2 is 2.04 bits per heavy atom. The molecule has 0 unspecified atom stereocenters. The molecular formula is C20H26BrN3O3S. The fourth-order valence-corrected chi connectivity index (χ4v) is 5.00. The van der Waals surface area contributed by atoms with Crippen LogP contribution in [0.4, 0.5) is 5.00 Å². The number of carbonyl (C=O) groups is 2. The van der Waals surface area contributed by atoms with Crippen molar-refractivity contribution < 1.29 is 14.3 Å². The van der Waals surface area contributed by atoms with Gasteiger partial charge in [-0.15, -0.1) is 11.3 Å². The lowest BCUT2D eigenvalue weighted by Gasteiger charge is -2.12. The van der Waals surface area contributed by atoms with E-state index in [0.717, 1.165) is 53.5 Å². The summed E-state index contributed by atoms with van der Waals surface area (Å²) in [6.45, 7) is 6.75. The van der Waals surface area contributed by atoms with Crippen LogP contribution in [0.3, 0.4) is 0 Å².